The maximum atomic E-state index is 13.2. The maximum absolute atomic E-state index is 13.2. The van der Waals surface area contributed by atoms with Crippen molar-refractivity contribution in [3.63, 3.8) is 0 Å². The van der Waals surface area contributed by atoms with E-state index in [0.29, 0.717) is 23.4 Å². The highest BCUT2D eigenvalue weighted by Gasteiger charge is 2.17. The van der Waals surface area contributed by atoms with Crippen LogP contribution in [-0.4, -0.2) is 39.9 Å². The molecule has 0 saturated heterocycles. The predicted octanol–water partition coefficient (Wildman–Crippen LogP) is 4.60. The number of halogens is 1. The van der Waals surface area contributed by atoms with Crippen molar-refractivity contribution >= 4 is 28.6 Å². The molecule has 1 N–H and O–H groups in total. The topological polar surface area (TPSA) is 67.2 Å². The molecule has 3 rings (SSSR count). The van der Waals surface area contributed by atoms with Gasteiger partial charge in [0.2, 0.25) is 0 Å². The van der Waals surface area contributed by atoms with Gasteiger partial charge in [-0.3, -0.25) is 9.59 Å². The highest BCUT2D eigenvalue weighted by Crippen LogP contribution is 2.23. The molecule has 0 aliphatic heterocycles. The second-order valence-electron chi connectivity index (χ2n) is 6.49. The number of carbonyl (C=O) groups excluding carboxylic acids is 2. The SMILES string of the molecule is CCc1c(C(=O)Nc2ccc(SC(=O)N(C)C)cc2)cnn1-c1ccc(F)cc1. The van der Waals surface area contributed by atoms with Crippen molar-refractivity contribution in [2.24, 2.45) is 0 Å². The van der Waals surface area contributed by atoms with Crippen molar-refractivity contribution in [3.8, 4) is 5.69 Å². The maximum Gasteiger partial charge on any atom is 0.285 e. The van der Waals surface area contributed by atoms with Gasteiger partial charge in [0.1, 0.15) is 5.82 Å². The molecule has 0 saturated carbocycles. The summed E-state index contributed by atoms with van der Waals surface area (Å²) in [7, 11) is 3.39. The van der Waals surface area contributed by atoms with Crippen molar-refractivity contribution in [1.82, 2.24) is 14.7 Å². The molecular formula is C21H21FN4O2S. The number of anilines is 1. The highest BCUT2D eigenvalue weighted by atomic mass is 32.2. The van der Waals surface area contributed by atoms with E-state index in [1.165, 1.54) is 23.2 Å². The Morgan fingerprint density at radius 2 is 1.76 bits per heavy atom. The highest BCUT2D eigenvalue weighted by molar-refractivity contribution is 8.13. The smallest absolute Gasteiger partial charge is 0.285 e. The summed E-state index contributed by atoms with van der Waals surface area (Å²) in [5.74, 6) is -0.606. The molecule has 0 fully saturated rings. The molecule has 150 valence electrons. The molecule has 2 amide bonds. The van der Waals surface area contributed by atoms with Crippen LogP contribution in [0.15, 0.2) is 59.6 Å². The number of aromatic nitrogens is 2. The average Bonchev–Trinajstić information content (AvgIpc) is 3.14. The summed E-state index contributed by atoms with van der Waals surface area (Å²) < 4.78 is 14.8. The lowest BCUT2D eigenvalue weighted by atomic mass is 10.2. The quantitative estimate of drug-likeness (QED) is 0.622. The molecule has 8 heteroatoms. The molecule has 0 radical (unpaired) electrons. The van der Waals surface area contributed by atoms with Crippen LogP contribution in [0, 0.1) is 5.82 Å². The number of rotatable bonds is 5. The van der Waals surface area contributed by atoms with Crippen molar-refractivity contribution in [1.29, 1.82) is 0 Å². The van der Waals surface area contributed by atoms with Crippen LogP contribution in [0.1, 0.15) is 23.0 Å². The van der Waals surface area contributed by atoms with Crippen LogP contribution in [0.25, 0.3) is 5.69 Å². The lowest BCUT2D eigenvalue weighted by Gasteiger charge is -2.10. The van der Waals surface area contributed by atoms with Gasteiger partial charge in [0.25, 0.3) is 11.1 Å². The summed E-state index contributed by atoms with van der Waals surface area (Å²) in [4.78, 5) is 26.8. The lowest BCUT2D eigenvalue weighted by Crippen LogP contribution is -2.16. The van der Waals surface area contributed by atoms with Crippen molar-refractivity contribution in [3.05, 3.63) is 71.8 Å². The van der Waals surface area contributed by atoms with E-state index in [4.69, 9.17) is 0 Å². The predicted molar refractivity (Wildman–Crippen MR) is 112 cm³/mol. The zero-order valence-electron chi connectivity index (χ0n) is 16.3. The third kappa shape index (κ3) is 4.83. The first-order valence-corrected chi connectivity index (χ1v) is 9.84. The standard InChI is InChI=1S/C21H21FN4O2S/c1-4-19-18(13-23-26(19)16-9-5-14(22)6-10-16)20(27)24-15-7-11-17(12-8-15)29-21(28)25(2)3/h5-13H,4H2,1-3H3,(H,24,27). The van der Waals surface area contributed by atoms with Crippen LogP contribution in [0.4, 0.5) is 14.9 Å². The Bertz CT molecular complexity index is 1010. The minimum atomic E-state index is -0.328. The minimum Gasteiger partial charge on any atom is -0.339 e. The third-order valence-electron chi connectivity index (χ3n) is 4.20. The van der Waals surface area contributed by atoms with E-state index in [2.05, 4.69) is 10.4 Å². The van der Waals surface area contributed by atoms with E-state index in [0.717, 1.165) is 22.4 Å². The monoisotopic (exact) mass is 412 g/mol. The van der Waals surface area contributed by atoms with E-state index in [1.54, 1.807) is 55.2 Å². The largest absolute Gasteiger partial charge is 0.339 e. The van der Waals surface area contributed by atoms with Gasteiger partial charge in [0.15, 0.2) is 0 Å². The summed E-state index contributed by atoms with van der Waals surface area (Å²) in [5.41, 5.74) is 2.50. The molecule has 0 aliphatic carbocycles. The molecule has 0 bridgehead atoms. The van der Waals surface area contributed by atoms with E-state index in [1.807, 2.05) is 6.92 Å². The molecule has 3 aromatic rings. The number of thioether (sulfide) groups is 1. The van der Waals surface area contributed by atoms with Crippen molar-refractivity contribution in [2.75, 3.05) is 19.4 Å². The van der Waals surface area contributed by atoms with Crippen molar-refractivity contribution in [2.45, 2.75) is 18.2 Å². The van der Waals surface area contributed by atoms with Crippen LogP contribution in [0.2, 0.25) is 0 Å². The van der Waals surface area contributed by atoms with Gasteiger partial charge in [-0.1, -0.05) is 6.92 Å². The van der Waals surface area contributed by atoms with Crippen LogP contribution in [-0.2, 0) is 6.42 Å². The fourth-order valence-electron chi connectivity index (χ4n) is 2.71. The molecule has 0 aliphatic rings. The van der Waals surface area contributed by atoms with Crippen LogP contribution < -0.4 is 5.32 Å². The van der Waals surface area contributed by atoms with Gasteiger partial charge in [-0.25, -0.2) is 9.07 Å². The lowest BCUT2D eigenvalue weighted by molar-refractivity contribution is 0.102. The van der Waals surface area contributed by atoms with E-state index in [9.17, 15) is 14.0 Å². The second kappa shape index (κ2) is 8.91. The first-order chi connectivity index (χ1) is 13.9. The molecule has 1 heterocycles. The molecule has 29 heavy (non-hydrogen) atoms. The molecule has 1 aromatic heterocycles. The molecule has 0 spiro atoms. The molecule has 0 unspecified atom stereocenters. The van der Waals surface area contributed by atoms with Gasteiger partial charge < -0.3 is 10.2 Å². The number of nitrogens with one attached hydrogen (secondary N) is 1. The summed E-state index contributed by atoms with van der Waals surface area (Å²) in [6.07, 6.45) is 2.10. The van der Waals surface area contributed by atoms with Gasteiger partial charge in [-0.05, 0) is 66.7 Å². The summed E-state index contributed by atoms with van der Waals surface area (Å²) in [6, 6.07) is 13.0. The number of carbonyl (C=O) groups is 2. The summed E-state index contributed by atoms with van der Waals surface area (Å²) >= 11 is 1.12. The second-order valence-corrected chi connectivity index (χ2v) is 7.51. The summed E-state index contributed by atoms with van der Waals surface area (Å²) in [5, 5.41) is 7.09. The Morgan fingerprint density at radius 1 is 1.10 bits per heavy atom. The fraction of sp³-hybridized carbons (Fsp3) is 0.190. The fourth-order valence-corrected chi connectivity index (χ4v) is 3.36. The van der Waals surface area contributed by atoms with Gasteiger partial charge in [0.05, 0.1) is 23.1 Å². The number of benzene rings is 2. The van der Waals surface area contributed by atoms with Crippen LogP contribution in [0.3, 0.4) is 0 Å². The Kier molecular flexibility index (Phi) is 6.33. The van der Waals surface area contributed by atoms with Gasteiger partial charge in [-0.2, -0.15) is 5.10 Å². The van der Waals surface area contributed by atoms with Gasteiger partial charge in [0, 0.05) is 24.7 Å². The average molecular weight is 412 g/mol. The number of nitrogens with zero attached hydrogens (tertiary/aromatic N) is 3. The first-order valence-electron chi connectivity index (χ1n) is 9.02. The Labute approximate surface area is 172 Å². The van der Waals surface area contributed by atoms with Crippen LogP contribution >= 0.6 is 11.8 Å². The van der Waals surface area contributed by atoms with E-state index < -0.39 is 0 Å². The molecular weight excluding hydrogens is 391 g/mol. The number of amides is 2. The van der Waals surface area contributed by atoms with Crippen molar-refractivity contribution < 1.29 is 14.0 Å². The minimum absolute atomic E-state index is 0.0671. The molecule has 2 aromatic carbocycles. The molecule has 6 nitrogen and oxygen atoms in total. The summed E-state index contributed by atoms with van der Waals surface area (Å²) in [6.45, 7) is 1.93. The Hall–Kier alpha value is -3.13. The normalized spacial score (nSPS) is 10.6. The first kappa shape index (κ1) is 20.6. The van der Waals surface area contributed by atoms with Crippen LogP contribution in [0.5, 0.6) is 0 Å². The zero-order chi connectivity index (χ0) is 21.0. The third-order valence-corrected chi connectivity index (χ3v) is 5.25. The number of hydrogen-bond donors (Lipinski definition) is 1. The van der Waals surface area contributed by atoms with E-state index in [-0.39, 0.29) is 17.0 Å². The van der Waals surface area contributed by atoms with Gasteiger partial charge in [-0.15, -0.1) is 0 Å². The number of hydrogen-bond acceptors (Lipinski definition) is 4. The Morgan fingerprint density at radius 3 is 2.34 bits per heavy atom. The van der Waals surface area contributed by atoms with E-state index >= 15 is 0 Å². The van der Waals surface area contributed by atoms with Gasteiger partial charge >= 0.3 is 0 Å². The Balaban J connectivity index is 1.75. The zero-order valence-corrected chi connectivity index (χ0v) is 17.2. The molecule has 0 atom stereocenters.